The van der Waals surface area contributed by atoms with E-state index < -0.39 is 0 Å². The summed E-state index contributed by atoms with van der Waals surface area (Å²) in [5, 5.41) is 0.548. The maximum Gasteiger partial charge on any atom is 0.128 e. The molecular weight excluding hydrogens is 278 g/mol. The van der Waals surface area contributed by atoms with Crippen molar-refractivity contribution < 1.29 is 4.74 Å². The quantitative estimate of drug-likeness (QED) is 0.566. The van der Waals surface area contributed by atoms with Crippen molar-refractivity contribution in [1.82, 2.24) is 15.3 Å². The van der Waals surface area contributed by atoms with Crippen LogP contribution in [-0.4, -0.2) is 41.7 Å². The molecule has 112 valence electrons. The van der Waals surface area contributed by atoms with Gasteiger partial charge in [0.25, 0.3) is 0 Å². The number of nitrogens with one attached hydrogen (secondary N) is 1. The van der Waals surface area contributed by atoms with Gasteiger partial charge in [-0.1, -0.05) is 11.6 Å². The minimum absolute atomic E-state index is 0.174. The Kier molecular flexibility index (Phi) is 4.82. The van der Waals surface area contributed by atoms with Crippen molar-refractivity contribution in [3.8, 4) is 0 Å². The third-order valence-electron chi connectivity index (χ3n) is 3.93. The molecule has 7 heteroatoms. The predicted octanol–water partition coefficient (Wildman–Crippen LogP) is 0.932. The molecule has 1 saturated heterocycles. The highest BCUT2D eigenvalue weighted by atomic mass is 35.5. The molecule has 2 rings (SSSR count). The van der Waals surface area contributed by atoms with Crippen LogP contribution in [-0.2, 0) is 4.74 Å². The van der Waals surface area contributed by atoms with Crippen LogP contribution in [0.15, 0.2) is 12.3 Å². The number of pyridine rings is 1. The standard InChI is InChI=1S/C13H22ClN5O/c1-13(2,19-3-5-20-6-4-19)11(18-16)10-7-9(14)8-17-12(10)15/h7-8,11,18H,3-6,16H2,1-2H3,(H2,15,17). The van der Waals surface area contributed by atoms with E-state index in [4.69, 9.17) is 27.9 Å². The molecule has 0 radical (unpaired) electrons. The molecule has 6 nitrogen and oxygen atoms in total. The number of hydrogen-bond donors (Lipinski definition) is 3. The van der Waals surface area contributed by atoms with Gasteiger partial charge in [0.15, 0.2) is 0 Å². The highest BCUT2D eigenvalue weighted by molar-refractivity contribution is 6.30. The fraction of sp³-hybridized carbons (Fsp3) is 0.615. The van der Waals surface area contributed by atoms with E-state index in [-0.39, 0.29) is 11.6 Å². The topological polar surface area (TPSA) is 89.4 Å². The Balaban J connectivity index is 2.32. The molecule has 0 spiro atoms. The summed E-state index contributed by atoms with van der Waals surface area (Å²) in [5.74, 6) is 6.23. The van der Waals surface area contributed by atoms with Crippen LogP contribution in [0.4, 0.5) is 5.82 Å². The number of anilines is 1. The number of ether oxygens (including phenoxy) is 1. The minimum atomic E-state index is -0.237. The van der Waals surface area contributed by atoms with Crippen LogP contribution in [0.1, 0.15) is 25.5 Å². The minimum Gasteiger partial charge on any atom is -0.383 e. The van der Waals surface area contributed by atoms with Gasteiger partial charge in [-0.15, -0.1) is 0 Å². The fourth-order valence-electron chi connectivity index (χ4n) is 2.69. The molecule has 1 aliphatic heterocycles. The summed E-state index contributed by atoms with van der Waals surface area (Å²) in [4.78, 5) is 6.45. The van der Waals surface area contributed by atoms with E-state index in [9.17, 15) is 0 Å². The number of nitrogens with two attached hydrogens (primary N) is 2. The van der Waals surface area contributed by atoms with E-state index in [1.807, 2.05) is 6.07 Å². The molecule has 1 unspecified atom stereocenters. The number of halogens is 1. The first kappa shape index (κ1) is 15.5. The SMILES string of the molecule is CC(C)(C(NN)c1cc(Cl)cnc1N)N1CCOCC1. The first-order valence-electron chi connectivity index (χ1n) is 6.66. The number of rotatable bonds is 4. The van der Waals surface area contributed by atoms with E-state index in [2.05, 4.69) is 29.2 Å². The van der Waals surface area contributed by atoms with Crippen LogP contribution in [0.5, 0.6) is 0 Å². The lowest BCUT2D eigenvalue weighted by molar-refractivity contribution is -0.0238. The van der Waals surface area contributed by atoms with Crippen LogP contribution in [0.3, 0.4) is 0 Å². The molecule has 1 aromatic rings. The second kappa shape index (κ2) is 6.24. The van der Waals surface area contributed by atoms with Crippen molar-refractivity contribution in [2.75, 3.05) is 32.0 Å². The summed E-state index contributed by atoms with van der Waals surface area (Å²) >= 11 is 6.03. The summed E-state index contributed by atoms with van der Waals surface area (Å²) < 4.78 is 5.41. The molecule has 1 fully saturated rings. The second-order valence-corrected chi connectivity index (χ2v) is 5.92. The van der Waals surface area contributed by atoms with Gasteiger partial charge in [0, 0.05) is 30.4 Å². The zero-order valence-corrected chi connectivity index (χ0v) is 12.7. The van der Waals surface area contributed by atoms with Gasteiger partial charge in [-0.3, -0.25) is 16.2 Å². The summed E-state index contributed by atoms with van der Waals surface area (Å²) in [7, 11) is 0. The number of morpholine rings is 1. The molecule has 1 atom stereocenters. The maximum atomic E-state index is 6.03. The Hall–Kier alpha value is -0.920. The molecule has 1 aromatic heterocycles. The first-order valence-corrected chi connectivity index (χ1v) is 7.04. The van der Waals surface area contributed by atoms with Crippen LogP contribution >= 0.6 is 11.6 Å². The van der Waals surface area contributed by atoms with Gasteiger partial charge >= 0.3 is 0 Å². The van der Waals surface area contributed by atoms with E-state index in [0.717, 1.165) is 31.9 Å². The third-order valence-corrected chi connectivity index (χ3v) is 4.13. The number of hydrogen-bond acceptors (Lipinski definition) is 6. The number of aromatic nitrogens is 1. The molecule has 0 bridgehead atoms. The lowest BCUT2D eigenvalue weighted by Crippen LogP contribution is -2.57. The average molecular weight is 300 g/mol. The van der Waals surface area contributed by atoms with Crippen LogP contribution in [0, 0.1) is 0 Å². The average Bonchev–Trinajstić information content (AvgIpc) is 2.44. The van der Waals surface area contributed by atoms with Crippen molar-refractivity contribution >= 4 is 17.4 Å². The Morgan fingerprint density at radius 3 is 2.70 bits per heavy atom. The van der Waals surface area contributed by atoms with E-state index in [0.29, 0.717) is 10.8 Å². The van der Waals surface area contributed by atoms with Crippen molar-refractivity contribution in [3.63, 3.8) is 0 Å². The van der Waals surface area contributed by atoms with Crippen molar-refractivity contribution in [2.45, 2.75) is 25.4 Å². The second-order valence-electron chi connectivity index (χ2n) is 5.48. The van der Waals surface area contributed by atoms with E-state index in [1.54, 1.807) is 0 Å². The number of hydrazine groups is 1. The number of nitrogen functional groups attached to an aromatic ring is 1. The predicted molar refractivity (Wildman–Crippen MR) is 80.2 cm³/mol. The summed E-state index contributed by atoms with van der Waals surface area (Å²) in [6.07, 6.45) is 1.54. The lowest BCUT2D eigenvalue weighted by Gasteiger charge is -2.45. The molecule has 2 heterocycles. The molecule has 1 aliphatic rings. The van der Waals surface area contributed by atoms with Gasteiger partial charge in [0.2, 0.25) is 0 Å². The third kappa shape index (κ3) is 3.05. The number of nitrogens with zero attached hydrogens (tertiary/aromatic N) is 2. The molecule has 0 aliphatic carbocycles. The normalized spacial score (nSPS) is 19.0. The lowest BCUT2D eigenvalue weighted by atomic mass is 9.87. The van der Waals surface area contributed by atoms with Gasteiger partial charge in [-0.2, -0.15) is 0 Å². The Labute approximate surface area is 124 Å². The molecule has 0 saturated carbocycles. The first-order chi connectivity index (χ1) is 9.46. The van der Waals surface area contributed by atoms with Gasteiger partial charge < -0.3 is 10.5 Å². The zero-order chi connectivity index (χ0) is 14.8. The van der Waals surface area contributed by atoms with Crippen LogP contribution < -0.4 is 17.0 Å². The molecule has 5 N–H and O–H groups in total. The van der Waals surface area contributed by atoms with Crippen LogP contribution in [0.25, 0.3) is 0 Å². The Bertz CT molecular complexity index is 462. The molecule has 0 amide bonds. The Morgan fingerprint density at radius 1 is 1.45 bits per heavy atom. The monoisotopic (exact) mass is 299 g/mol. The largest absolute Gasteiger partial charge is 0.383 e. The Morgan fingerprint density at radius 2 is 2.10 bits per heavy atom. The van der Waals surface area contributed by atoms with Crippen molar-refractivity contribution in [2.24, 2.45) is 5.84 Å². The van der Waals surface area contributed by atoms with Gasteiger partial charge in [-0.05, 0) is 19.9 Å². The highest BCUT2D eigenvalue weighted by Gasteiger charge is 2.37. The highest BCUT2D eigenvalue weighted by Crippen LogP contribution is 2.34. The van der Waals surface area contributed by atoms with Crippen molar-refractivity contribution in [1.29, 1.82) is 0 Å². The molecule has 0 aromatic carbocycles. The molecular formula is C13H22ClN5O. The van der Waals surface area contributed by atoms with E-state index >= 15 is 0 Å². The molecule has 20 heavy (non-hydrogen) atoms. The van der Waals surface area contributed by atoms with E-state index in [1.165, 1.54) is 6.20 Å². The summed E-state index contributed by atoms with van der Waals surface area (Å²) in [5.41, 5.74) is 9.43. The van der Waals surface area contributed by atoms with Crippen molar-refractivity contribution in [3.05, 3.63) is 22.8 Å². The van der Waals surface area contributed by atoms with Gasteiger partial charge in [0.05, 0.1) is 24.3 Å². The summed E-state index contributed by atoms with van der Waals surface area (Å²) in [6, 6.07) is 1.64. The smallest absolute Gasteiger partial charge is 0.128 e. The maximum absolute atomic E-state index is 6.03. The fourth-order valence-corrected chi connectivity index (χ4v) is 2.86. The van der Waals surface area contributed by atoms with Gasteiger partial charge in [0.1, 0.15) is 5.82 Å². The van der Waals surface area contributed by atoms with Gasteiger partial charge in [-0.25, -0.2) is 4.98 Å². The zero-order valence-electron chi connectivity index (χ0n) is 11.9. The summed E-state index contributed by atoms with van der Waals surface area (Å²) in [6.45, 7) is 7.43. The van der Waals surface area contributed by atoms with Crippen LogP contribution in [0.2, 0.25) is 5.02 Å².